The number of nitrogens with zero attached hydrogens (tertiary/aromatic N) is 2. The fraction of sp³-hybridized carbons (Fsp3) is 0.250. The molecule has 1 aromatic heterocycles. The lowest BCUT2D eigenvalue weighted by molar-refractivity contribution is -0.121. The van der Waals surface area contributed by atoms with E-state index in [9.17, 15) is 4.79 Å². The smallest absolute Gasteiger partial charge is 0.480 e. The summed E-state index contributed by atoms with van der Waals surface area (Å²) in [7, 11) is 0.000443. The maximum absolute atomic E-state index is 11.2. The van der Waals surface area contributed by atoms with E-state index < -0.39 is 7.12 Å². The molecule has 1 aromatic rings. The third kappa shape index (κ3) is 1.66. The Morgan fingerprint density at radius 3 is 3.00 bits per heavy atom. The van der Waals surface area contributed by atoms with Gasteiger partial charge in [0.1, 0.15) is 0 Å². The first kappa shape index (κ1) is 9.94. The number of carbonyl (C=O) groups is 1. The zero-order valence-electron chi connectivity index (χ0n) is 8.04. The number of amides is 1. The predicted octanol–water partition coefficient (Wildman–Crippen LogP) is -1.88. The van der Waals surface area contributed by atoms with Crippen LogP contribution >= 0.6 is 0 Å². The van der Waals surface area contributed by atoms with Gasteiger partial charge in [-0.2, -0.15) is 0 Å². The maximum Gasteiger partial charge on any atom is 0.490 e. The van der Waals surface area contributed by atoms with Crippen LogP contribution in [0, 0.1) is 0 Å². The van der Waals surface area contributed by atoms with Gasteiger partial charge in [-0.15, -0.1) is 0 Å². The molecule has 78 valence electrons. The summed E-state index contributed by atoms with van der Waals surface area (Å²) in [6, 6.07) is 1.45. The van der Waals surface area contributed by atoms with Crippen molar-refractivity contribution in [3.63, 3.8) is 0 Å². The van der Waals surface area contributed by atoms with E-state index in [0.29, 0.717) is 11.6 Å². The Hall–Kier alpha value is -1.60. The van der Waals surface area contributed by atoms with Crippen molar-refractivity contribution < 1.29 is 19.6 Å². The molecule has 0 unspecified atom stereocenters. The summed E-state index contributed by atoms with van der Waals surface area (Å²) in [5.41, 5.74) is 0.233. The van der Waals surface area contributed by atoms with Crippen LogP contribution in [0.2, 0.25) is 0 Å². The number of hydrogen-bond donors (Lipinski definition) is 2. The van der Waals surface area contributed by atoms with E-state index in [-0.39, 0.29) is 18.0 Å². The standard InChI is InChI=1S/C8H9BN2O4/c1-11-7(12)4-15-6-2-5(9(13)14)3-10-8(6)11/h2-3,13-14H,4H2,1H3. The Bertz CT molecular complexity index is 410. The fourth-order valence-electron chi connectivity index (χ4n) is 1.31. The zero-order valence-corrected chi connectivity index (χ0v) is 8.04. The summed E-state index contributed by atoms with van der Waals surface area (Å²) in [6.45, 7) is -0.0594. The molecule has 1 aliphatic heterocycles. The summed E-state index contributed by atoms with van der Waals surface area (Å²) in [5, 5.41) is 17.8. The topological polar surface area (TPSA) is 82.9 Å². The van der Waals surface area contributed by atoms with Crippen LogP contribution in [0.25, 0.3) is 0 Å². The van der Waals surface area contributed by atoms with E-state index in [2.05, 4.69) is 4.98 Å². The summed E-state index contributed by atoms with van der Waals surface area (Å²) >= 11 is 0. The molecule has 2 N–H and O–H groups in total. The average Bonchev–Trinajstić information content (AvgIpc) is 2.23. The van der Waals surface area contributed by atoms with E-state index in [1.807, 2.05) is 0 Å². The molecular formula is C8H9BN2O4. The maximum atomic E-state index is 11.2. The highest BCUT2D eigenvalue weighted by molar-refractivity contribution is 6.58. The molecule has 7 heteroatoms. The molecule has 0 bridgehead atoms. The molecule has 0 aliphatic carbocycles. The number of carbonyl (C=O) groups excluding carboxylic acids is 1. The summed E-state index contributed by atoms with van der Waals surface area (Å²) in [5.74, 6) is 0.575. The number of pyridine rings is 1. The Balaban J connectivity index is 2.42. The minimum Gasteiger partial charge on any atom is -0.480 e. The number of anilines is 1. The van der Waals surface area contributed by atoms with E-state index >= 15 is 0 Å². The van der Waals surface area contributed by atoms with Crippen LogP contribution < -0.4 is 15.1 Å². The van der Waals surface area contributed by atoms with Crippen molar-refractivity contribution in [3.8, 4) is 5.75 Å². The van der Waals surface area contributed by atoms with Gasteiger partial charge in [0.05, 0.1) is 0 Å². The highest BCUT2D eigenvalue weighted by Crippen LogP contribution is 2.26. The van der Waals surface area contributed by atoms with Gasteiger partial charge in [-0.1, -0.05) is 0 Å². The summed E-state index contributed by atoms with van der Waals surface area (Å²) < 4.78 is 5.12. The van der Waals surface area contributed by atoms with Gasteiger partial charge in [-0.3, -0.25) is 9.69 Å². The van der Waals surface area contributed by atoms with Gasteiger partial charge in [-0.05, 0) is 6.07 Å². The zero-order chi connectivity index (χ0) is 11.0. The van der Waals surface area contributed by atoms with Gasteiger partial charge < -0.3 is 14.8 Å². The first-order chi connectivity index (χ1) is 7.09. The number of rotatable bonds is 1. The van der Waals surface area contributed by atoms with Gasteiger partial charge in [0, 0.05) is 18.7 Å². The van der Waals surface area contributed by atoms with Gasteiger partial charge >= 0.3 is 7.12 Å². The second-order valence-corrected chi connectivity index (χ2v) is 3.21. The lowest BCUT2D eigenvalue weighted by Crippen LogP contribution is -2.38. The molecule has 0 fully saturated rings. The predicted molar refractivity (Wildman–Crippen MR) is 53.0 cm³/mol. The highest BCUT2D eigenvalue weighted by atomic mass is 16.5. The van der Waals surface area contributed by atoms with Gasteiger partial charge in [0.15, 0.2) is 18.2 Å². The van der Waals surface area contributed by atoms with Crippen molar-refractivity contribution in [3.05, 3.63) is 12.3 Å². The van der Waals surface area contributed by atoms with Gasteiger partial charge in [-0.25, -0.2) is 4.98 Å². The Morgan fingerprint density at radius 1 is 1.60 bits per heavy atom. The normalized spacial score (nSPS) is 14.6. The first-order valence-electron chi connectivity index (χ1n) is 4.35. The van der Waals surface area contributed by atoms with Crippen LogP contribution in [-0.4, -0.2) is 41.7 Å². The number of ether oxygens (including phenoxy) is 1. The molecule has 6 nitrogen and oxygen atoms in total. The quantitative estimate of drug-likeness (QED) is 0.527. The molecule has 0 aromatic carbocycles. The molecule has 2 heterocycles. The molecule has 0 atom stereocenters. The highest BCUT2D eigenvalue weighted by Gasteiger charge is 2.25. The van der Waals surface area contributed by atoms with Gasteiger partial charge in [0.25, 0.3) is 5.91 Å². The third-order valence-corrected chi connectivity index (χ3v) is 2.20. The lowest BCUT2D eigenvalue weighted by atomic mass is 9.81. The third-order valence-electron chi connectivity index (χ3n) is 2.20. The summed E-state index contributed by atoms with van der Waals surface area (Å²) in [6.07, 6.45) is 1.29. The Kier molecular flexibility index (Phi) is 2.33. The van der Waals surface area contributed by atoms with Crippen molar-refractivity contribution in [2.45, 2.75) is 0 Å². The van der Waals surface area contributed by atoms with Crippen molar-refractivity contribution in [2.75, 3.05) is 18.6 Å². The fourth-order valence-corrected chi connectivity index (χ4v) is 1.31. The number of hydrogen-bond acceptors (Lipinski definition) is 5. The molecule has 0 saturated carbocycles. The molecule has 15 heavy (non-hydrogen) atoms. The van der Waals surface area contributed by atoms with E-state index in [0.717, 1.165) is 0 Å². The van der Waals surface area contributed by atoms with Crippen molar-refractivity contribution in [2.24, 2.45) is 0 Å². The second kappa shape index (κ2) is 3.52. The minimum atomic E-state index is -1.59. The van der Waals surface area contributed by atoms with Crippen molar-refractivity contribution in [1.29, 1.82) is 0 Å². The van der Waals surface area contributed by atoms with E-state index in [1.165, 1.54) is 17.2 Å². The number of likely N-dealkylation sites (N-methyl/N-ethyl adjacent to an activating group) is 1. The number of aromatic nitrogens is 1. The van der Waals surface area contributed by atoms with Crippen LogP contribution in [0.1, 0.15) is 0 Å². The number of fused-ring (bicyclic) bond motifs is 1. The summed E-state index contributed by atoms with van der Waals surface area (Å²) in [4.78, 5) is 16.5. The van der Waals surface area contributed by atoms with Crippen LogP contribution in [-0.2, 0) is 4.79 Å². The van der Waals surface area contributed by atoms with Crippen LogP contribution in [0.15, 0.2) is 12.3 Å². The van der Waals surface area contributed by atoms with Crippen molar-refractivity contribution >= 4 is 24.3 Å². The lowest BCUT2D eigenvalue weighted by Gasteiger charge is -2.24. The second-order valence-electron chi connectivity index (χ2n) is 3.21. The average molecular weight is 208 g/mol. The largest absolute Gasteiger partial charge is 0.490 e. The SMILES string of the molecule is CN1C(=O)COc2cc(B(O)O)cnc21. The van der Waals surface area contributed by atoms with Gasteiger partial charge in [0.2, 0.25) is 0 Å². The van der Waals surface area contributed by atoms with Crippen LogP contribution in [0.3, 0.4) is 0 Å². The Labute approximate surface area is 86.3 Å². The first-order valence-corrected chi connectivity index (χ1v) is 4.35. The van der Waals surface area contributed by atoms with E-state index in [4.69, 9.17) is 14.8 Å². The molecule has 0 radical (unpaired) electrons. The molecule has 1 amide bonds. The molecule has 0 spiro atoms. The van der Waals surface area contributed by atoms with E-state index in [1.54, 1.807) is 7.05 Å². The minimum absolute atomic E-state index is 0.0594. The Morgan fingerprint density at radius 2 is 2.33 bits per heavy atom. The molecular weight excluding hydrogens is 199 g/mol. The monoisotopic (exact) mass is 208 g/mol. The molecule has 2 rings (SSSR count). The van der Waals surface area contributed by atoms with Crippen molar-refractivity contribution in [1.82, 2.24) is 4.98 Å². The van der Waals surface area contributed by atoms with Crippen LogP contribution in [0.5, 0.6) is 5.75 Å². The molecule has 0 saturated heterocycles. The van der Waals surface area contributed by atoms with Crippen LogP contribution in [0.4, 0.5) is 5.82 Å². The molecule has 1 aliphatic rings.